The molecule has 1 aliphatic heterocycles. The fourth-order valence-corrected chi connectivity index (χ4v) is 2.44. The van der Waals surface area contributed by atoms with Crippen molar-refractivity contribution in [2.24, 2.45) is 0 Å². The normalized spacial score (nSPS) is 18.9. The lowest BCUT2D eigenvalue weighted by Crippen LogP contribution is -2.46. The Bertz CT molecular complexity index is 440. The van der Waals surface area contributed by atoms with Gasteiger partial charge in [0.2, 0.25) is 5.91 Å². The van der Waals surface area contributed by atoms with Gasteiger partial charge in [0, 0.05) is 12.6 Å². The van der Waals surface area contributed by atoms with Gasteiger partial charge in [0.05, 0.1) is 12.5 Å². The third-order valence-corrected chi connectivity index (χ3v) is 3.30. The van der Waals surface area contributed by atoms with Crippen LogP contribution in [0.1, 0.15) is 32.3 Å². The quantitative estimate of drug-likeness (QED) is 0.863. The van der Waals surface area contributed by atoms with E-state index in [1.165, 1.54) is 0 Å². The van der Waals surface area contributed by atoms with Crippen LogP contribution in [0.15, 0.2) is 24.3 Å². The van der Waals surface area contributed by atoms with Crippen LogP contribution in [0, 0.1) is 0 Å². The third kappa shape index (κ3) is 4.85. The summed E-state index contributed by atoms with van der Waals surface area (Å²) in [6.07, 6.45) is 2.75. The average molecular weight is 276 g/mol. The molecule has 1 heterocycles. The van der Waals surface area contributed by atoms with Crippen molar-refractivity contribution in [1.29, 1.82) is 0 Å². The first-order valence-electron chi connectivity index (χ1n) is 7.39. The molecular weight excluding hydrogens is 252 g/mol. The van der Waals surface area contributed by atoms with Gasteiger partial charge in [0.1, 0.15) is 5.75 Å². The highest BCUT2D eigenvalue weighted by Gasteiger charge is 2.15. The Balaban J connectivity index is 1.86. The third-order valence-electron chi connectivity index (χ3n) is 3.30. The van der Waals surface area contributed by atoms with Crippen molar-refractivity contribution in [1.82, 2.24) is 10.6 Å². The van der Waals surface area contributed by atoms with Crippen LogP contribution in [0.3, 0.4) is 0 Å². The van der Waals surface area contributed by atoms with E-state index in [0.29, 0.717) is 6.42 Å². The second-order valence-corrected chi connectivity index (χ2v) is 5.60. The number of nitrogens with one attached hydrogen (secondary N) is 2. The van der Waals surface area contributed by atoms with Crippen molar-refractivity contribution in [3.63, 3.8) is 0 Å². The summed E-state index contributed by atoms with van der Waals surface area (Å²) >= 11 is 0. The average Bonchev–Trinajstić information content (AvgIpc) is 2.39. The Labute approximate surface area is 120 Å². The number of benzene rings is 1. The minimum Gasteiger partial charge on any atom is -0.491 e. The Morgan fingerprint density at radius 2 is 2.35 bits per heavy atom. The van der Waals surface area contributed by atoms with Crippen LogP contribution >= 0.6 is 0 Å². The summed E-state index contributed by atoms with van der Waals surface area (Å²) in [6.45, 7) is 5.92. The lowest BCUT2D eigenvalue weighted by molar-refractivity contribution is -0.121. The maximum Gasteiger partial charge on any atom is 0.224 e. The van der Waals surface area contributed by atoms with E-state index in [1.807, 2.05) is 38.1 Å². The number of ether oxygens (including phenoxy) is 1. The number of amides is 1. The predicted molar refractivity (Wildman–Crippen MR) is 79.9 cm³/mol. The molecule has 4 nitrogen and oxygen atoms in total. The van der Waals surface area contributed by atoms with E-state index in [4.69, 9.17) is 4.74 Å². The first kappa shape index (κ1) is 14.9. The summed E-state index contributed by atoms with van der Waals surface area (Å²) in [6, 6.07) is 8.03. The van der Waals surface area contributed by atoms with Gasteiger partial charge in [-0.05, 0) is 50.9 Å². The number of carbonyl (C=O) groups is 1. The van der Waals surface area contributed by atoms with Gasteiger partial charge in [-0.25, -0.2) is 0 Å². The molecule has 0 radical (unpaired) electrons. The van der Waals surface area contributed by atoms with Crippen LogP contribution in [-0.2, 0) is 11.2 Å². The largest absolute Gasteiger partial charge is 0.491 e. The van der Waals surface area contributed by atoms with Crippen molar-refractivity contribution in [2.45, 2.75) is 45.3 Å². The van der Waals surface area contributed by atoms with E-state index >= 15 is 0 Å². The molecular formula is C16H24N2O2. The molecule has 0 spiro atoms. The molecule has 4 heteroatoms. The second-order valence-electron chi connectivity index (χ2n) is 5.60. The van der Waals surface area contributed by atoms with E-state index in [0.717, 1.165) is 37.2 Å². The Hall–Kier alpha value is -1.55. The summed E-state index contributed by atoms with van der Waals surface area (Å²) in [5.41, 5.74) is 0.990. The molecule has 1 aromatic carbocycles. The van der Waals surface area contributed by atoms with E-state index < -0.39 is 0 Å². The lowest BCUT2D eigenvalue weighted by Gasteiger charge is -2.23. The topological polar surface area (TPSA) is 50.4 Å². The van der Waals surface area contributed by atoms with E-state index in [-0.39, 0.29) is 18.1 Å². The minimum absolute atomic E-state index is 0.0837. The molecule has 1 amide bonds. The molecule has 0 bridgehead atoms. The van der Waals surface area contributed by atoms with Crippen LogP contribution in [0.2, 0.25) is 0 Å². The Morgan fingerprint density at radius 1 is 1.50 bits per heavy atom. The van der Waals surface area contributed by atoms with Gasteiger partial charge in [0.25, 0.3) is 0 Å². The SMILES string of the molecule is CC(C)Oc1cccc(CC(=O)NC2CCCNC2)c1. The molecule has 2 rings (SSSR count). The minimum atomic E-state index is 0.0837. The lowest BCUT2D eigenvalue weighted by atomic mass is 10.1. The summed E-state index contributed by atoms with van der Waals surface area (Å²) in [5.74, 6) is 0.907. The zero-order valence-electron chi connectivity index (χ0n) is 12.3. The maximum atomic E-state index is 12.0. The zero-order chi connectivity index (χ0) is 14.4. The van der Waals surface area contributed by atoms with Gasteiger partial charge in [-0.15, -0.1) is 0 Å². The summed E-state index contributed by atoms with van der Waals surface area (Å²) in [4.78, 5) is 12.0. The number of piperidine rings is 1. The first-order valence-corrected chi connectivity index (χ1v) is 7.39. The summed E-state index contributed by atoms with van der Waals surface area (Å²) < 4.78 is 5.64. The van der Waals surface area contributed by atoms with Crippen LogP contribution in [0.5, 0.6) is 5.75 Å². The molecule has 20 heavy (non-hydrogen) atoms. The Kier molecular flexibility index (Phi) is 5.41. The van der Waals surface area contributed by atoms with Crippen molar-refractivity contribution < 1.29 is 9.53 Å². The second kappa shape index (κ2) is 7.29. The molecule has 1 aliphatic rings. The Morgan fingerprint density at radius 3 is 3.05 bits per heavy atom. The summed E-state index contributed by atoms with van der Waals surface area (Å²) in [5, 5.41) is 6.39. The van der Waals surface area contributed by atoms with E-state index in [2.05, 4.69) is 10.6 Å². The molecule has 0 aromatic heterocycles. The van der Waals surface area contributed by atoms with E-state index in [1.54, 1.807) is 0 Å². The number of hydrogen-bond acceptors (Lipinski definition) is 3. The molecule has 1 fully saturated rings. The maximum absolute atomic E-state index is 12.0. The highest BCUT2D eigenvalue weighted by Crippen LogP contribution is 2.15. The monoisotopic (exact) mass is 276 g/mol. The standard InChI is InChI=1S/C16H24N2O2/c1-12(2)20-15-7-3-5-13(9-15)10-16(19)18-14-6-4-8-17-11-14/h3,5,7,9,12,14,17H,4,6,8,10-11H2,1-2H3,(H,18,19). The van der Waals surface area contributed by atoms with Gasteiger partial charge >= 0.3 is 0 Å². The fraction of sp³-hybridized carbons (Fsp3) is 0.562. The van der Waals surface area contributed by atoms with Gasteiger partial charge in [-0.2, -0.15) is 0 Å². The van der Waals surface area contributed by atoms with Gasteiger partial charge in [-0.1, -0.05) is 12.1 Å². The van der Waals surface area contributed by atoms with Gasteiger partial charge in [0.15, 0.2) is 0 Å². The molecule has 2 N–H and O–H groups in total. The molecule has 1 unspecified atom stereocenters. The van der Waals surface area contributed by atoms with Gasteiger partial charge < -0.3 is 15.4 Å². The summed E-state index contributed by atoms with van der Waals surface area (Å²) in [7, 11) is 0. The number of rotatable bonds is 5. The van der Waals surface area contributed by atoms with Crippen molar-refractivity contribution in [3.05, 3.63) is 29.8 Å². The highest BCUT2D eigenvalue weighted by molar-refractivity contribution is 5.79. The molecule has 110 valence electrons. The fourth-order valence-electron chi connectivity index (χ4n) is 2.44. The van der Waals surface area contributed by atoms with Crippen LogP contribution in [0.25, 0.3) is 0 Å². The van der Waals surface area contributed by atoms with Crippen LogP contribution in [0.4, 0.5) is 0 Å². The molecule has 1 atom stereocenters. The number of hydrogen-bond donors (Lipinski definition) is 2. The zero-order valence-corrected chi connectivity index (χ0v) is 12.3. The highest BCUT2D eigenvalue weighted by atomic mass is 16.5. The van der Waals surface area contributed by atoms with Crippen molar-refractivity contribution in [3.8, 4) is 5.75 Å². The molecule has 1 aromatic rings. The molecule has 0 aliphatic carbocycles. The van der Waals surface area contributed by atoms with E-state index in [9.17, 15) is 4.79 Å². The van der Waals surface area contributed by atoms with Gasteiger partial charge in [-0.3, -0.25) is 4.79 Å². The van der Waals surface area contributed by atoms with Crippen LogP contribution in [-0.4, -0.2) is 31.1 Å². The predicted octanol–water partition coefficient (Wildman–Crippen LogP) is 1.88. The van der Waals surface area contributed by atoms with Crippen LogP contribution < -0.4 is 15.4 Å². The number of carbonyl (C=O) groups excluding carboxylic acids is 1. The smallest absolute Gasteiger partial charge is 0.224 e. The molecule has 1 saturated heterocycles. The van der Waals surface area contributed by atoms with Crippen molar-refractivity contribution in [2.75, 3.05) is 13.1 Å². The molecule has 0 saturated carbocycles. The first-order chi connectivity index (χ1) is 9.63. The van der Waals surface area contributed by atoms with Crippen molar-refractivity contribution >= 4 is 5.91 Å².